The topological polar surface area (TPSA) is 128 Å². The van der Waals surface area contributed by atoms with E-state index in [1.54, 1.807) is 28.1 Å². The maximum absolute atomic E-state index is 13.1. The van der Waals surface area contributed by atoms with E-state index in [0.29, 0.717) is 43.2 Å². The number of pyridine rings is 2. The van der Waals surface area contributed by atoms with Crippen LogP contribution >= 0.6 is 0 Å². The second-order valence-corrected chi connectivity index (χ2v) is 8.29. The van der Waals surface area contributed by atoms with Crippen LogP contribution in [-0.2, 0) is 11.2 Å². The van der Waals surface area contributed by atoms with Gasteiger partial charge in [0.25, 0.3) is 0 Å². The smallest absolute Gasteiger partial charge is 0.320 e. The third kappa shape index (κ3) is 5.16. The number of methoxy groups -OCH3 is 1. The number of ether oxygens (including phenoxy) is 1. The molecule has 2 aromatic rings. The van der Waals surface area contributed by atoms with Crippen LogP contribution in [0.3, 0.4) is 0 Å². The SMILES string of the molecule is COc1ccc([C@H](CC(=O)O)N2CCN(CC[C@@H](O)c3ccc4c(n3)NCCC4)C2=O)cn1. The van der Waals surface area contributed by atoms with Gasteiger partial charge in [0.15, 0.2) is 0 Å². The van der Waals surface area contributed by atoms with Crippen LogP contribution in [0.4, 0.5) is 10.6 Å². The Morgan fingerprint density at radius 1 is 1.27 bits per heavy atom. The number of carboxylic acids is 1. The number of carbonyl (C=O) groups is 2. The zero-order valence-electron chi connectivity index (χ0n) is 18.6. The summed E-state index contributed by atoms with van der Waals surface area (Å²) in [6.45, 7) is 2.09. The Bertz CT molecular complexity index is 999. The maximum Gasteiger partial charge on any atom is 0.320 e. The summed E-state index contributed by atoms with van der Waals surface area (Å²) in [5.41, 5.74) is 2.37. The highest BCUT2D eigenvalue weighted by molar-refractivity contribution is 5.78. The molecule has 2 aromatic heterocycles. The molecule has 0 radical (unpaired) electrons. The summed E-state index contributed by atoms with van der Waals surface area (Å²) in [6, 6.07) is 6.35. The van der Waals surface area contributed by atoms with Gasteiger partial charge in [-0.3, -0.25) is 4.79 Å². The average molecular weight is 456 g/mol. The fourth-order valence-corrected chi connectivity index (χ4v) is 4.34. The summed E-state index contributed by atoms with van der Waals surface area (Å²) >= 11 is 0. The predicted octanol–water partition coefficient (Wildman–Crippen LogP) is 2.22. The lowest BCUT2D eigenvalue weighted by molar-refractivity contribution is -0.138. The van der Waals surface area contributed by atoms with Gasteiger partial charge in [-0.25, -0.2) is 14.8 Å². The standard InChI is InChI=1S/C23H29N5O5/c1-33-20-7-5-16(14-25-20)18(13-21(30)31)28-12-11-27(23(28)32)10-8-19(29)17-6-4-15-3-2-9-24-22(15)26-17/h4-7,14,18-19,29H,2-3,8-13H2,1H3,(H,24,26)(H,30,31)/t18-,19+/m0/s1. The highest BCUT2D eigenvalue weighted by Gasteiger charge is 2.36. The molecule has 2 atom stereocenters. The van der Waals surface area contributed by atoms with Gasteiger partial charge in [0, 0.05) is 38.4 Å². The van der Waals surface area contributed by atoms with Gasteiger partial charge in [-0.15, -0.1) is 0 Å². The van der Waals surface area contributed by atoms with Crippen molar-refractivity contribution in [2.75, 3.05) is 38.6 Å². The number of aryl methyl sites for hydroxylation is 1. The Morgan fingerprint density at radius 3 is 2.85 bits per heavy atom. The normalized spacial score (nSPS) is 17.3. The molecule has 33 heavy (non-hydrogen) atoms. The van der Waals surface area contributed by atoms with Crippen molar-refractivity contribution in [3.05, 3.63) is 47.3 Å². The first-order valence-corrected chi connectivity index (χ1v) is 11.2. The number of carboxylic acid groups (broad SMARTS) is 1. The van der Waals surface area contributed by atoms with Crippen LogP contribution in [0.5, 0.6) is 5.88 Å². The summed E-state index contributed by atoms with van der Waals surface area (Å²) in [4.78, 5) is 36.5. The summed E-state index contributed by atoms with van der Waals surface area (Å²) in [7, 11) is 1.50. The Labute approximate surface area is 192 Å². The number of fused-ring (bicyclic) bond motifs is 1. The van der Waals surface area contributed by atoms with E-state index >= 15 is 0 Å². The molecule has 10 nitrogen and oxygen atoms in total. The molecule has 2 aliphatic heterocycles. The quantitative estimate of drug-likeness (QED) is 0.525. The third-order valence-corrected chi connectivity index (χ3v) is 6.15. The van der Waals surface area contributed by atoms with Crippen LogP contribution in [0, 0.1) is 0 Å². The number of hydrogen-bond donors (Lipinski definition) is 3. The molecular formula is C23H29N5O5. The van der Waals surface area contributed by atoms with Gasteiger partial charge in [-0.1, -0.05) is 12.1 Å². The van der Waals surface area contributed by atoms with Crippen LogP contribution in [0.1, 0.15) is 48.2 Å². The van der Waals surface area contributed by atoms with Gasteiger partial charge in [0.05, 0.1) is 31.4 Å². The number of aliphatic carboxylic acids is 1. The van der Waals surface area contributed by atoms with E-state index in [9.17, 15) is 19.8 Å². The van der Waals surface area contributed by atoms with E-state index in [0.717, 1.165) is 30.8 Å². The number of anilines is 1. The second kappa shape index (κ2) is 10.0. The van der Waals surface area contributed by atoms with E-state index in [2.05, 4.69) is 15.3 Å². The van der Waals surface area contributed by atoms with Crippen molar-refractivity contribution in [1.29, 1.82) is 0 Å². The minimum Gasteiger partial charge on any atom is -0.481 e. The molecular weight excluding hydrogens is 426 g/mol. The van der Waals surface area contributed by atoms with Gasteiger partial charge in [-0.2, -0.15) is 0 Å². The molecule has 2 amide bonds. The Balaban J connectivity index is 1.40. The predicted molar refractivity (Wildman–Crippen MR) is 120 cm³/mol. The fourth-order valence-electron chi connectivity index (χ4n) is 4.34. The van der Waals surface area contributed by atoms with Crippen molar-refractivity contribution in [2.45, 2.75) is 37.8 Å². The molecule has 10 heteroatoms. The molecule has 4 rings (SSSR count). The summed E-state index contributed by atoms with van der Waals surface area (Å²) in [5.74, 6) is 0.248. The number of aliphatic hydroxyl groups excluding tert-OH is 1. The number of aromatic nitrogens is 2. The third-order valence-electron chi connectivity index (χ3n) is 6.15. The molecule has 176 valence electrons. The molecule has 3 N–H and O–H groups in total. The van der Waals surface area contributed by atoms with Gasteiger partial charge in [0.2, 0.25) is 5.88 Å². The first-order chi connectivity index (χ1) is 16.0. The van der Waals surface area contributed by atoms with E-state index in [4.69, 9.17) is 4.74 Å². The molecule has 2 aliphatic rings. The van der Waals surface area contributed by atoms with Crippen LogP contribution in [-0.4, -0.2) is 75.3 Å². The largest absolute Gasteiger partial charge is 0.481 e. The number of nitrogens with one attached hydrogen (secondary N) is 1. The van der Waals surface area contributed by atoms with Crippen LogP contribution in [0.2, 0.25) is 0 Å². The molecule has 4 heterocycles. The van der Waals surface area contributed by atoms with Gasteiger partial charge >= 0.3 is 12.0 Å². The zero-order chi connectivity index (χ0) is 23.4. The van der Waals surface area contributed by atoms with Crippen molar-refractivity contribution >= 4 is 17.8 Å². The lowest BCUT2D eigenvalue weighted by Crippen LogP contribution is -2.36. The van der Waals surface area contributed by atoms with Crippen molar-refractivity contribution in [3.8, 4) is 5.88 Å². The maximum atomic E-state index is 13.1. The minimum atomic E-state index is -0.996. The van der Waals surface area contributed by atoms with Crippen molar-refractivity contribution < 1.29 is 24.5 Å². The molecule has 0 aromatic carbocycles. The summed E-state index contributed by atoms with van der Waals surface area (Å²) < 4.78 is 5.07. The first-order valence-electron chi connectivity index (χ1n) is 11.2. The number of rotatable bonds is 9. The Hall–Kier alpha value is -3.40. The molecule has 1 saturated heterocycles. The van der Waals surface area contributed by atoms with E-state index in [-0.39, 0.29) is 12.5 Å². The lowest BCUT2D eigenvalue weighted by Gasteiger charge is -2.27. The van der Waals surface area contributed by atoms with Crippen molar-refractivity contribution in [2.24, 2.45) is 0 Å². The van der Waals surface area contributed by atoms with Crippen LogP contribution in [0.25, 0.3) is 0 Å². The number of carbonyl (C=O) groups excluding carboxylic acids is 1. The molecule has 0 aliphatic carbocycles. The highest BCUT2D eigenvalue weighted by atomic mass is 16.5. The number of amides is 2. The number of hydrogen-bond acceptors (Lipinski definition) is 7. The van der Waals surface area contributed by atoms with Gasteiger partial charge in [-0.05, 0) is 36.5 Å². The zero-order valence-corrected chi connectivity index (χ0v) is 18.6. The summed E-state index contributed by atoms with van der Waals surface area (Å²) in [6.07, 6.45) is 2.93. The molecule has 0 saturated carbocycles. The Kier molecular flexibility index (Phi) is 6.93. The fraction of sp³-hybridized carbons (Fsp3) is 0.478. The average Bonchev–Trinajstić information content (AvgIpc) is 3.20. The Morgan fingerprint density at radius 2 is 2.12 bits per heavy atom. The van der Waals surface area contributed by atoms with Crippen LogP contribution in [0.15, 0.2) is 30.5 Å². The van der Waals surface area contributed by atoms with Crippen LogP contribution < -0.4 is 10.1 Å². The minimum absolute atomic E-state index is 0.220. The summed E-state index contributed by atoms with van der Waals surface area (Å²) in [5, 5.41) is 23.3. The monoisotopic (exact) mass is 455 g/mol. The number of nitrogens with zero attached hydrogens (tertiary/aromatic N) is 4. The van der Waals surface area contributed by atoms with E-state index in [1.807, 2.05) is 12.1 Å². The van der Waals surface area contributed by atoms with Crippen molar-refractivity contribution in [1.82, 2.24) is 19.8 Å². The first kappa shape index (κ1) is 22.8. The number of urea groups is 1. The molecule has 1 fully saturated rings. The molecule has 0 bridgehead atoms. The van der Waals surface area contributed by atoms with Gasteiger partial charge < -0.3 is 30.1 Å². The molecule has 0 spiro atoms. The molecule has 0 unspecified atom stereocenters. The van der Waals surface area contributed by atoms with E-state index in [1.165, 1.54) is 7.11 Å². The van der Waals surface area contributed by atoms with Crippen molar-refractivity contribution in [3.63, 3.8) is 0 Å². The van der Waals surface area contributed by atoms with Gasteiger partial charge in [0.1, 0.15) is 5.82 Å². The van der Waals surface area contributed by atoms with E-state index < -0.39 is 18.1 Å². The number of aliphatic hydroxyl groups is 1. The lowest BCUT2D eigenvalue weighted by atomic mass is 10.0. The second-order valence-electron chi connectivity index (χ2n) is 8.29. The highest BCUT2D eigenvalue weighted by Crippen LogP contribution is 2.30.